The lowest BCUT2D eigenvalue weighted by Gasteiger charge is -2.07. The van der Waals surface area contributed by atoms with Crippen molar-refractivity contribution in [1.82, 2.24) is 4.98 Å². The van der Waals surface area contributed by atoms with Gasteiger partial charge in [-0.2, -0.15) is 0 Å². The molecule has 28 heavy (non-hydrogen) atoms. The number of benzene rings is 2. The molecule has 0 fully saturated rings. The van der Waals surface area contributed by atoms with Gasteiger partial charge in [0.15, 0.2) is 0 Å². The van der Waals surface area contributed by atoms with Gasteiger partial charge in [0.2, 0.25) is 0 Å². The Kier molecular flexibility index (Phi) is 6.98. The Labute approximate surface area is 193 Å². The van der Waals surface area contributed by atoms with Crippen LogP contribution >= 0.6 is 45.2 Å². The van der Waals surface area contributed by atoms with Crippen molar-refractivity contribution >= 4 is 68.0 Å². The predicted octanol–water partition coefficient (Wildman–Crippen LogP) is 7.19. The first-order valence-corrected chi connectivity index (χ1v) is 11.1. The van der Waals surface area contributed by atoms with Crippen LogP contribution in [0.15, 0.2) is 64.6 Å². The number of rotatable bonds is 4. The molecule has 3 nitrogen and oxygen atoms in total. The number of hydrogen-bond donors (Lipinski definition) is 0. The molecule has 0 spiro atoms. The van der Waals surface area contributed by atoms with Crippen molar-refractivity contribution in [2.24, 2.45) is 9.98 Å². The second kappa shape index (κ2) is 9.26. The highest BCUT2D eigenvalue weighted by atomic mass is 127. The summed E-state index contributed by atoms with van der Waals surface area (Å²) in [7, 11) is 0. The van der Waals surface area contributed by atoms with E-state index in [0.717, 1.165) is 45.3 Å². The summed E-state index contributed by atoms with van der Waals surface area (Å²) in [6.07, 6.45) is 0. The molecule has 0 saturated heterocycles. The number of aliphatic imine (C=N–C) groups is 2. The van der Waals surface area contributed by atoms with Gasteiger partial charge >= 0.3 is 0 Å². The van der Waals surface area contributed by atoms with E-state index in [9.17, 15) is 0 Å². The van der Waals surface area contributed by atoms with Crippen molar-refractivity contribution in [2.75, 3.05) is 0 Å². The monoisotopic (exact) mass is 593 g/mol. The fraction of sp³-hybridized carbons (Fsp3) is 0.174. The van der Waals surface area contributed by atoms with Gasteiger partial charge in [-0.05, 0) is 133 Å². The Hall–Kier alpha value is -1.61. The van der Waals surface area contributed by atoms with E-state index < -0.39 is 0 Å². The fourth-order valence-corrected chi connectivity index (χ4v) is 4.10. The lowest BCUT2D eigenvalue weighted by molar-refractivity contribution is 1.23. The summed E-state index contributed by atoms with van der Waals surface area (Å²) in [4.78, 5) is 14.4. The quantitative estimate of drug-likeness (QED) is 0.233. The first-order valence-electron chi connectivity index (χ1n) is 8.94. The van der Waals surface area contributed by atoms with Crippen molar-refractivity contribution in [1.29, 1.82) is 0 Å². The SMILES string of the molecule is CC(=Nc1ccc(I)cc1C)c1cccc(C(C)=Nc2ccc(I)cc2C)n1. The summed E-state index contributed by atoms with van der Waals surface area (Å²) < 4.78 is 2.43. The molecule has 0 bridgehead atoms. The maximum absolute atomic E-state index is 4.79. The smallest absolute Gasteiger partial charge is 0.0849 e. The third-order valence-electron chi connectivity index (χ3n) is 4.38. The number of halogens is 2. The van der Waals surface area contributed by atoms with E-state index in [1.165, 1.54) is 7.14 Å². The maximum Gasteiger partial charge on any atom is 0.0849 e. The molecule has 0 amide bonds. The first-order chi connectivity index (χ1) is 13.3. The molecule has 2 aromatic carbocycles. The van der Waals surface area contributed by atoms with Gasteiger partial charge in [-0.1, -0.05) is 6.07 Å². The molecule has 3 rings (SSSR count). The van der Waals surface area contributed by atoms with Crippen molar-refractivity contribution in [3.8, 4) is 0 Å². The van der Waals surface area contributed by atoms with Gasteiger partial charge < -0.3 is 0 Å². The van der Waals surface area contributed by atoms with Crippen LogP contribution in [-0.2, 0) is 0 Å². The molecule has 0 unspecified atom stereocenters. The summed E-state index contributed by atoms with van der Waals surface area (Å²) >= 11 is 4.63. The van der Waals surface area contributed by atoms with Gasteiger partial charge in [0, 0.05) is 7.14 Å². The van der Waals surface area contributed by atoms with E-state index >= 15 is 0 Å². The highest BCUT2D eigenvalue weighted by molar-refractivity contribution is 14.1. The van der Waals surface area contributed by atoms with E-state index in [-0.39, 0.29) is 0 Å². The molecular weight excluding hydrogens is 572 g/mol. The Morgan fingerprint density at radius 3 is 1.54 bits per heavy atom. The number of aromatic nitrogens is 1. The topological polar surface area (TPSA) is 37.6 Å². The van der Waals surface area contributed by atoms with Crippen LogP contribution in [0.25, 0.3) is 0 Å². The van der Waals surface area contributed by atoms with E-state index in [1.54, 1.807) is 0 Å². The number of pyridine rings is 1. The molecule has 5 heteroatoms. The minimum atomic E-state index is 0.865. The molecule has 142 valence electrons. The van der Waals surface area contributed by atoms with Crippen LogP contribution in [-0.4, -0.2) is 16.4 Å². The summed E-state index contributed by atoms with van der Waals surface area (Å²) in [6.45, 7) is 8.16. The third kappa shape index (κ3) is 5.26. The summed E-state index contributed by atoms with van der Waals surface area (Å²) in [5, 5.41) is 0. The van der Waals surface area contributed by atoms with E-state index in [4.69, 9.17) is 15.0 Å². The molecule has 0 N–H and O–H groups in total. The molecule has 0 aliphatic carbocycles. The molecular formula is C23H21I2N3. The number of nitrogens with zero attached hydrogens (tertiary/aromatic N) is 3. The van der Waals surface area contributed by atoms with Gasteiger partial charge in [-0.3, -0.25) is 9.98 Å². The molecule has 0 radical (unpaired) electrons. The predicted molar refractivity (Wildman–Crippen MR) is 136 cm³/mol. The zero-order valence-corrected chi connectivity index (χ0v) is 20.6. The van der Waals surface area contributed by atoms with Gasteiger partial charge in [0.05, 0.1) is 34.2 Å². The van der Waals surface area contributed by atoms with Crippen LogP contribution in [0.2, 0.25) is 0 Å². The van der Waals surface area contributed by atoms with Gasteiger partial charge in [0.25, 0.3) is 0 Å². The van der Waals surface area contributed by atoms with Gasteiger partial charge in [-0.15, -0.1) is 0 Å². The van der Waals surface area contributed by atoms with Crippen LogP contribution < -0.4 is 0 Å². The fourth-order valence-electron chi connectivity index (χ4n) is 2.80. The Balaban J connectivity index is 1.93. The second-order valence-corrected chi connectivity index (χ2v) is 9.16. The standard InChI is InChI=1S/C23H21I2N3/c1-14-12-18(24)8-10-20(14)26-16(3)22-6-5-7-23(28-22)17(4)27-21-11-9-19(25)13-15(21)2/h5-13H,1-4H3. The lowest BCUT2D eigenvalue weighted by Crippen LogP contribution is -2.05. The van der Waals surface area contributed by atoms with E-state index in [1.807, 2.05) is 32.0 Å². The van der Waals surface area contributed by atoms with Crippen LogP contribution in [0.5, 0.6) is 0 Å². The zero-order valence-electron chi connectivity index (χ0n) is 16.3. The highest BCUT2D eigenvalue weighted by Gasteiger charge is 2.07. The summed E-state index contributed by atoms with van der Waals surface area (Å²) in [5.41, 5.74) is 7.79. The first kappa shape index (κ1) is 21.1. The van der Waals surface area contributed by atoms with E-state index in [0.29, 0.717) is 0 Å². The van der Waals surface area contributed by atoms with Crippen LogP contribution in [0.1, 0.15) is 36.4 Å². The summed E-state index contributed by atoms with van der Waals surface area (Å²) in [5.74, 6) is 0. The molecule has 3 aromatic rings. The molecule has 0 aliphatic heterocycles. The Bertz CT molecular complexity index is 1000. The molecule has 1 aromatic heterocycles. The number of aryl methyl sites for hydroxylation is 2. The van der Waals surface area contributed by atoms with Crippen molar-refractivity contribution in [3.63, 3.8) is 0 Å². The van der Waals surface area contributed by atoms with Crippen molar-refractivity contribution < 1.29 is 0 Å². The maximum atomic E-state index is 4.79. The minimum absolute atomic E-state index is 0.865. The normalized spacial score (nSPS) is 12.4. The average Bonchev–Trinajstić information content (AvgIpc) is 2.66. The third-order valence-corrected chi connectivity index (χ3v) is 5.73. The molecule has 0 aliphatic rings. The second-order valence-electron chi connectivity index (χ2n) is 6.66. The van der Waals surface area contributed by atoms with E-state index in [2.05, 4.69) is 95.4 Å². The highest BCUT2D eigenvalue weighted by Crippen LogP contribution is 2.23. The van der Waals surface area contributed by atoms with Crippen LogP contribution in [0.4, 0.5) is 11.4 Å². The average molecular weight is 593 g/mol. The Morgan fingerprint density at radius 1 is 0.714 bits per heavy atom. The van der Waals surface area contributed by atoms with Gasteiger partial charge in [-0.25, -0.2) is 4.98 Å². The lowest BCUT2D eigenvalue weighted by atomic mass is 10.1. The van der Waals surface area contributed by atoms with Crippen molar-refractivity contribution in [3.05, 3.63) is 84.3 Å². The number of hydrogen-bond acceptors (Lipinski definition) is 3. The zero-order chi connectivity index (χ0) is 20.3. The summed E-state index contributed by atoms with van der Waals surface area (Å²) in [6, 6.07) is 18.5. The molecule has 0 saturated carbocycles. The van der Waals surface area contributed by atoms with Crippen LogP contribution in [0.3, 0.4) is 0 Å². The Morgan fingerprint density at radius 2 is 1.14 bits per heavy atom. The van der Waals surface area contributed by atoms with Crippen LogP contribution in [0, 0.1) is 21.0 Å². The van der Waals surface area contributed by atoms with Crippen molar-refractivity contribution in [2.45, 2.75) is 27.7 Å². The molecule has 1 heterocycles. The largest absolute Gasteiger partial charge is 0.251 e. The minimum Gasteiger partial charge on any atom is -0.251 e. The van der Waals surface area contributed by atoms with Gasteiger partial charge in [0.1, 0.15) is 0 Å². The molecule has 0 atom stereocenters.